The molecule has 8 nitrogen and oxygen atoms in total. The smallest absolute Gasteiger partial charge is 0.225 e. The van der Waals surface area contributed by atoms with Crippen LogP contribution in [0.4, 0.5) is 17.6 Å². The van der Waals surface area contributed by atoms with E-state index in [0.29, 0.717) is 12.0 Å². The van der Waals surface area contributed by atoms with Crippen LogP contribution in [0.1, 0.15) is 31.2 Å². The molecule has 2 fully saturated rings. The van der Waals surface area contributed by atoms with Gasteiger partial charge in [0.25, 0.3) is 0 Å². The summed E-state index contributed by atoms with van der Waals surface area (Å²) in [5, 5.41) is 8.35. The number of pyridine rings is 1. The lowest BCUT2D eigenvalue weighted by Crippen LogP contribution is -2.36. The van der Waals surface area contributed by atoms with Gasteiger partial charge in [0.2, 0.25) is 5.95 Å². The number of hydrogen-bond donors (Lipinski definition) is 2. The molecule has 3 aromatic rings. The molecule has 0 unspecified atom stereocenters. The number of benzene rings is 1. The van der Waals surface area contributed by atoms with Crippen molar-refractivity contribution < 1.29 is 4.74 Å². The molecule has 2 aromatic heterocycles. The Morgan fingerprint density at radius 1 is 1.00 bits per heavy atom. The van der Waals surface area contributed by atoms with Gasteiger partial charge in [-0.05, 0) is 61.9 Å². The third-order valence-corrected chi connectivity index (χ3v) is 7.09. The number of hydrogen-bond acceptors (Lipinski definition) is 8. The van der Waals surface area contributed by atoms with Crippen LogP contribution in [0.5, 0.6) is 0 Å². The fourth-order valence-corrected chi connectivity index (χ4v) is 5.08. The molecule has 8 heteroatoms. The molecular formula is C27H37N7O. The second-order valence-electron chi connectivity index (χ2n) is 9.90. The van der Waals surface area contributed by atoms with E-state index in [1.807, 2.05) is 32.4 Å². The minimum absolute atomic E-state index is 0.430. The average molecular weight is 476 g/mol. The molecule has 1 aliphatic carbocycles. The number of rotatable bonds is 8. The van der Waals surface area contributed by atoms with Crippen molar-refractivity contribution in [2.45, 2.75) is 38.3 Å². The predicted molar refractivity (Wildman–Crippen MR) is 142 cm³/mol. The standard InChI is InChI=1S/C27H37N7O/c1-33(2)26-23-5-3-4-6-24(23)31-27(32-26)30-22-10-7-20(8-11-22)17-28-18-21-9-12-25(29-19-21)34-13-15-35-16-14-34/h3-6,9,12,19-20,22,28H,7-8,10-11,13-18H2,1-2H3,(H,30,31,32)/t20-,22+. The van der Waals surface area contributed by atoms with Gasteiger partial charge in [0.1, 0.15) is 11.6 Å². The lowest BCUT2D eigenvalue weighted by atomic mass is 9.86. The quantitative estimate of drug-likeness (QED) is 0.511. The highest BCUT2D eigenvalue weighted by Crippen LogP contribution is 2.28. The number of fused-ring (bicyclic) bond motifs is 1. The molecule has 0 spiro atoms. The zero-order valence-corrected chi connectivity index (χ0v) is 20.9. The van der Waals surface area contributed by atoms with E-state index in [9.17, 15) is 0 Å². The van der Waals surface area contributed by atoms with Crippen LogP contribution in [0, 0.1) is 5.92 Å². The molecule has 3 heterocycles. The van der Waals surface area contributed by atoms with Crippen LogP contribution in [0.25, 0.3) is 10.9 Å². The van der Waals surface area contributed by atoms with Crippen LogP contribution in [-0.2, 0) is 11.3 Å². The first kappa shape index (κ1) is 23.8. The summed E-state index contributed by atoms with van der Waals surface area (Å²) in [4.78, 5) is 18.6. The Morgan fingerprint density at radius 3 is 2.54 bits per heavy atom. The third-order valence-electron chi connectivity index (χ3n) is 7.09. The summed E-state index contributed by atoms with van der Waals surface area (Å²) in [6.07, 6.45) is 6.73. The fourth-order valence-electron chi connectivity index (χ4n) is 5.08. The van der Waals surface area contributed by atoms with E-state index in [4.69, 9.17) is 14.7 Å². The van der Waals surface area contributed by atoms with Crippen molar-refractivity contribution in [1.29, 1.82) is 0 Å². The average Bonchev–Trinajstić information content (AvgIpc) is 2.90. The number of morpholine rings is 1. The van der Waals surface area contributed by atoms with Crippen molar-refractivity contribution in [3.8, 4) is 0 Å². The maximum absolute atomic E-state index is 5.43. The topological polar surface area (TPSA) is 78.4 Å². The van der Waals surface area contributed by atoms with Gasteiger partial charge in [0.15, 0.2) is 0 Å². The molecule has 2 N–H and O–H groups in total. The highest BCUT2D eigenvalue weighted by molar-refractivity contribution is 5.90. The van der Waals surface area contributed by atoms with Crippen molar-refractivity contribution in [2.75, 3.05) is 62.1 Å². The molecule has 1 saturated heterocycles. The first-order valence-electron chi connectivity index (χ1n) is 12.8. The molecule has 1 aliphatic heterocycles. The first-order chi connectivity index (χ1) is 17.2. The number of anilines is 3. The zero-order valence-electron chi connectivity index (χ0n) is 20.9. The van der Waals surface area contributed by atoms with Gasteiger partial charge >= 0.3 is 0 Å². The number of ether oxygens (including phenoxy) is 1. The highest BCUT2D eigenvalue weighted by Gasteiger charge is 2.22. The second kappa shape index (κ2) is 11.2. The van der Waals surface area contributed by atoms with Crippen LogP contribution in [-0.4, -0.2) is 67.9 Å². The van der Waals surface area contributed by atoms with E-state index in [-0.39, 0.29) is 0 Å². The SMILES string of the molecule is CN(C)c1nc(N[C@H]2CC[C@@H](CNCc3ccc(N4CCOCC4)nc3)CC2)nc2ccccc12. The summed E-state index contributed by atoms with van der Waals surface area (Å²) >= 11 is 0. The largest absolute Gasteiger partial charge is 0.378 e. The summed E-state index contributed by atoms with van der Waals surface area (Å²) in [7, 11) is 4.07. The van der Waals surface area contributed by atoms with Gasteiger partial charge in [-0.25, -0.2) is 9.97 Å². The van der Waals surface area contributed by atoms with E-state index >= 15 is 0 Å². The Kier molecular flexibility index (Phi) is 7.59. The van der Waals surface area contributed by atoms with Gasteiger partial charge in [-0.15, -0.1) is 0 Å². The fraction of sp³-hybridized carbons (Fsp3) is 0.519. The Bertz CT molecular complexity index is 1090. The molecule has 1 saturated carbocycles. The number of para-hydroxylation sites is 1. The molecular weight excluding hydrogens is 438 g/mol. The summed E-state index contributed by atoms with van der Waals surface area (Å²) in [5.41, 5.74) is 2.22. The van der Waals surface area contributed by atoms with Crippen molar-refractivity contribution >= 4 is 28.5 Å². The number of aromatic nitrogens is 3. The van der Waals surface area contributed by atoms with Gasteiger partial charge in [-0.3, -0.25) is 0 Å². The molecule has 1 aromatic carbocycles. The lowest BCUT2D eigenvalue weighted by molar-refractivity contribution is 0.122. The predicted octanol–water partition coefficient (Wildman–Crippen LogP) is 3.69. The van der Waals surface area contributed by atoms with Crippen LogP contribution in [0.15, 0.2) is 42.6 Å². The van der Waals surface area contributed by atoms with E-state index < -0.39 is 0 Å². The third kappa shape index (κ3) is 6.00. The minimum atomic E-state index is 0.430. The van der Waals surface area contributed by atoms with Gasteiger partial charge in [-0.1, -0.05) is 18.2 Å². The van der Waals surface area contributed by atoms with Crippen molar-refractivity contribution in [2.24, 2.45) is 5.92 Å². The van der Waals surface area contributed by atoms with Crippen molar-refractivity contribution in [3.05, 3.63) is 48.2 Å². The van der Waals surface area contributed by atoms with Crippen molar-refractivity contribution in [1.82, 2.24) is 20.3 Å². The maximum atomic E-state index is 5.43. The summed E-state index contributed by atoms with van der Waals surface area (Å²) in [6.45, 7) is 5.34. The Hall–Kier alpha value is -2.97. The molecule has 0 atom stereocenters. The van der Waals surface area contributed by atoms with Gasteiger partial charge in [-0.2, -0.15) is 4.98 Å². The van der Waals surface area contributed by atoms with Crippen molar-refractivity contribution in [3.63, 3.8) is 0 Å². The van der Waals surface area contributed by atoms with E-state index in [2.05, 4.69) is 49.7 Å². The zero-order chi connectivity index (χ0) is 24.0. The van der Waals surface area contributed by atoms with Crippen LogP contribution < -0.4 is 20.4 Å². The van der Waals surface area contributed by atoms with E-state index in [0.717, 1.165) is 80.7 Å². The molecule has 0 amide bonds. The minimum Gasteiger partial charge on any atom is -0.378 e. The molecule has 186 valence electrons. The molecule has 5 rings (SSSR count). The Balaban J connectivity index is 1.07. The summed E-state index contributed by atoms with van der Waals surface area (Å²) in [5.74, 6) is 3.46. The summed E-state index contributed by atoms with van der Waals surface area (Å²) in [6, 6.07) is 13.0. The van der Waals surface area contributed by atoms with Gasteiger partial charge in [0.05, 0.1) is 18.7 Å². The monoisotopic (exact) mass is 475 g/mol. The Morgan fingerprint density at radius 2 is 1.80 bits per heavy atom. The number of nitrogens with zero attached hydrogens (tertiary/aromatic N) is 5. The van der Waals surface area contributed by atoms with E-state index in [1.54, 1.807) is 0 Å². The second-order valence-corrected chi connectivity index (χ2v) is 9.90. The maximum Gasteiger partial charge on any atom is 0.225 e. The highest BCUT2D eigenvalue weighted by atomic mass is 16.5. The van der Waals surface area contributed by atoms with Gasteiger partial charge in [0, 0.05) is 51.4 Å². The molecule has 0 bridgehead atoms. The molecule has 0 radical (unpaired) electrons. The molecule has 35 heavy (non-hydrogen) atoms. The van der Waals surface area contributed by atoms with Gasteiger partial charge < -0.3 is 25.2 Å². The van der Waals surface area contributed by atoms with Crippen LogP contribution in [0.3, 0.4) is 0 Å². The first-order valence-corrected chi connectivity index (χ1v) is 12.8. The molecule has 2 aliphatic rings. The van der Waals surface area contributed by atoms with E-state index in [1.165, 1.54) is 18.4 Å². The van der Waals surface area contributed by atoms with Crippen LogP contribution >= 0.6 is 0 Å². The normalized spacial score (nSPS) is 20.7. The van der Waals surface area contributed by atoms with Crippen LogP contribution in [0.2, 0.25) is 0 Å². The number of nitrogens with one attached hydrogen (secondary N) is 2. The Labute approximate surface area is 208 Å². The summed E-state index contributed by atoms with van der Waals surface area (Å²) < 4.78 is 5.43. The lowest BCUT2D eigenvalue weighted by Gasteiger charge is -2.29.